The molecule has 6 nitrogen and oxygen atoms in total. The maximum Gasteiger partial charge on any atom is 0.351 e. The lowest BCUT2D eigenvalue weighted by molar-refractivity contribution is -0.217. The third-order valence-electron chi connectivity index (χ3n) is 9.27. The van der Waals surface area contributed by atoms with Crippen molar-refractivity contribution in [2.24, 2.45) is 28.6 Å². The molecule has 1 N–H and O–H groups in total. The molecule has 194 valence electrons. The number of hydrogen-bond donors (Lipinski definition) is 1. The Balaban J connectivity index is 1.85. The minimum atomic E-state index is -1.68. The summed E-state index contributed by atoms with van der Waals surface area (Å²) in [6, 6.07) is 0. The first-order chi connectivity index (χ1) is 16.1. The number of halogens is 3. The molecule has 0 heterocycles. The van der Waals surface area contributed by atoms with Gasteiger partial charge in [-0.15, -0.1) is 11.6 Å². The summed E-state index contributed by atoms with van der Waals surface area (Å²) >= 11 is 19.1. The molecule has 35 heavy (non-hydrogen) atoms. The van der Waals surface area contributed by atoms with Gasteiger partial charge in [-0.05, 0) is 63.5 Å². The zero-order chi connectivity index (χ0) is 26.1. The molecule has 0 bridgehead atoms. The smallest absolute Gasteiger partial charge is 0.351 e. The fraction of sp³-hybridized carbons (Fsp3) is 0.731. The van der Waals surface area contributed by atoms with E-state index in [4.69, 9.17) is 44.3 Å². The lowest BCUT2D eigenvalue weighted by Crippen LogP contribution is -2.69. The molecule has 9 heteroatoms. The minimum Gasteiger partial charge on any atom is -0.460 e. The van der Waals surface area contributed by atoms with Crippen LogP contribution in [0.1, 0.15) is 60.3 Å². The number of alkyl halides is 3. The number of hydrogen-bond acceptors (Lipinski definition) is 6. The average Bonchev–Trinajstić information content (AvgIpc) is 2.96. The number of allylic oxidation sites excluding steroid dienone is 4. The SMILES string of the molecule is CC(C)OC(=O)[C@@]1(OC(=O)C(Cl)Cl)[C@H](C)C[C@H]2[C@@H]3CCC4=CC(=O)C=C[C@]4(C)[C@@]3(Cl)[C@@H](O)C[C@@]21C. The number of aliphatic hydroxyl groups excluding tert-OH is 1. The largest absolute Gasteiger partial charge is 0.460 e. The third kappa shape index (κ3) is 3.57. The maximum absolute atomic E-state index is 13.7. The number of carbonyl (C=O) groups is 3. The molecule has 0 aromatic carbocycles. The molecule has 0 radical (unpaired) electrons. The van der Waals surface area contributed by atoms with Crippen molar-refractivity contribution in [2.75, 3.05) is 0 Å². The Kier molecular flexibility index (Phi) is 6.74. The molecular formula is C26H33Cl3O6. The summed E-state index contributed by atoms with van der Waals surface area (Å²) in [7, 11) is 0. The number of fused-ring (bicyclic) bond motifs is 5. The summed E-state index contributed by atoms with van der Waals surface area (Å²) in [5.41, 5.74) is -2.48. The number of ketones is 1. The van der Waals surface area contributed by atoms with Gasteiger partial charge in [-0.1, -0.05) is 55.6 Å². The fourth-order valence-corrected chi connectivity index (χ4v) is 8.34. The molecule has 4 aliphatic rings. The van der Waals surface area contributed by atoms with Gasteiger partial charge < -0.3 is 14.6 Å². The second-order valence-electron chi connectivity index (χ2n) is 11.3. The van der Waals surface area contributed by atoms with Crippen LogP contribution in [0.25, 0.3) is 0 Å². The number of ether oxygens (including phenoxy) is 2. The van der Waals surface area contributed by atoms with E-state index in [1.54, 1.807) is 19.9 Å². The van der Waals surface area contributed by atoms with Gasteiger partial charge in [0.25, 0.3) is 0 Å². The first-order valence-electron chi connectivity index (χ1n) is 12.2. The Labute approximate surface area is 221 Å². The van der Waals surface area contributed by atoms with Crippen molar-refractivity contribution in [3.05, 3.63) is 23.8 Å². The first-order valence-corrected chi connectivity index (χ1v) is 13.4. The highest BCUT2D eigenvalue weighted by Gasteiger charge is 2.77. The van der Waals surface area contributed by atoms with E-state index >= 15 is 0 Å². The summed E-state index contributed by atoms with van der Waals surface area (Å²) in [5, 5.41) is 11.7. The van der Waals surface area contributed by atoms with Gasteiger partial charge in [-0.2, -0.15) is 0 Å². The van der Waals surface area contributed by atoms with Crippen LogP contribution in [0, 0.1) is 28.6 Å². The predicted molar refractivity (Wildman–Crippen MR) is 133 cm³/mol. The van der Waals surface area contributed by atoms with Gasteiger partial charge in [0.05, 0.1) is 17.1 Å². The normalized spacial score (nSPS) is 44.4. The van der Waals surface area contributed by atoms with E-state index in [0.29, 0.717) is 19.3 Å². The third-order valence-corrected chi connectivity index (χ3v) is 10.5. The molecule has 0 amide bonds. The van der Waals surface area contributed by atoms with Crippen LogP contribution in [0.5, 0.6) is 0 Å². The van der Waals surface area contributed by atoms with Gasteiger partial charge >= 0.3 is 11.9 Å². The predicted octanol–water partition coefficient (Wildman–Crippen LogP) is 4.91. The van der Waals surface area contributed by atoms with Gasteiger partial charge in [0, 0.05) is 16.7 Å². The van der Waals surface area contributed by atoms with Crippen LogP contribution in [0.2, 0.25) is 0 Å². The fourth-order valence-electron chi connectivity index (χ4n) is 7.73. The lowest BCUT2D eigenvalue weighted by atomic mass is 9.45. The lowest BCUT2D eigenvalue weighted by Gasteiger charge is -2.63. The Hall–Kier alpha value is -1.08. The van der Waals surface area contributed by atoms with Crippen LogP contribution in [-0.2, 0) is 23.9 Å². The molecule has 0 spiro atoms. The minimum absolute atomic E-state index is 0.0834. The van der Waals surface area contributed by atoms with Gasteiger partial charge in [0.15, 0.2) is 5.78 Å². The Morgan fingerprint density at radius 3 is 2.46 bits per heavy atom. The standard InChI is InChI=1S/C26H33Cl3O6/c1-13(2)34-22(33)26(35-21(32)20(27)28)14(3)10-18-17-7-6-15-11-16(30)8-9-23(15,4)25(17,29)19(31)12-24(18,26)5/h8-9,11,13-14,17-20,31H,6-7,10,12H2,1-5H3/t14-,17+,18+,19+,23+,24+,25+,26+/m1/s1. The second kappa shape index (κ2) is 8.75. The monoisotopic (exact) mass is 546 g/mol. The van der Waals surface area contributed by atoms with E-state index in [1.807, 2.05) is 26.8 Å². The Morgan fingerprint density at radius 1 is 1.20 bits per heavy atom. The number of rotatable bonds is 4. The number of carbonyl (C=O) groups excluding carboxylic acids is 3. The molecular weight excluding hydrogens is 515 g/mol. The second-order valence-corrected chi connectivity index (χ2v) is 13.0. The van der Waals surface area contributed by atoms with Crippen LogP contribution in [0.15, 0.2) is 23.8 Å². The molecule has 0 aliphatic heterocycles. The van der Waals surface area contributed by atoms with E-state index in [2.05, 4.69) is 0 Å². The average molecular weight is 548 g/mol. The molecule has 0 unspecified atom stereocenters. The van der Waals surface area contributed by atoms with Crippen molar-refractivity contribution in [1.82, 2.24) is 0 Å². The van der Waals surface area contributed by atoms with E-state index in [-0.39, 0.29) is 24.0 Å². The zero-order valence-electron chi connectivity index (χ0n) is 20.6. The molecule has 0 saturated heterocycles. The summed E-state index contributed by atoms with van der Waals surface area (Å²) in [6.07, 6.45) is 5.38. The van der Waals surface area contributed by atoms with E-state index in [1.165, 1.54) is 6.08 Å². The molecule has 3 fully saturated rings. The van der Waals surface area contributed by atoms with Crippen LogP contribution >= 0.6 is 34.8 Å². The van der Waals surface area contributed by atoms with E-state index < -0.39 is 56.2 Å². The molecule has 4 aliphatic carbocycles. The van der Waals surface area contributed by atoms with E-state index in [9.17, 15) is 19.5 Å². The molecule has 3 saturated carbocycles. The van der Waals surface area contributed by atoms with Crippen molar-refractivity contribution in [3.8, 4) is 0 Å². The summed E-state index contributed by atoms with van der Waals surface area (Å²) in [4.78, 5) is 36.0. The molecule has 8 atom stereocenters. The van der Waals surface area contributed by atoms with Crippen LogP contribution in [-0.4, -0.2) is 50.3 Å². The van der Waals surface area contributed by atoms with Gasteiger partial charge in [0.1, 0.15) is 0 Å². The topological polar surface area (TPSA) is 89.9 Å². The molecule has 0 aromatic heterocycles. The zero-order valence-corrected chi connectivity index (χ0v) is 22.9. The summed E-state index contributed by atoms with van der Waals surface area (Å²) in [5.74, 6) is -2.48. The Bertz CT molecular complexity index is 1010. The highest BCUT2D eigenvalue weighted by molar-refractivity contribution is 6.53. The van der Waals surface area contributed by atoms with Crippen LogP contribution in [0.3, 0.4) is 0 Å². The summed E-state index contributed by atoms with van der Waals surface area (Å²) in [6.45, 7) is 9.15. The molecule has 0 aromatic rings. The van der Waals surface area contributed by atoms with Gasteiger partial charge in [-0.3, -0.25) is 4.79 Å². The summed E-state index contributed by atoms with van der Waals surface area (Å²) < 4.78 is 11.6. The van der Waals surface area contributed by atoms with Gasteiger partial charge in [-0.25, -0.2) is 9.59 Å². The van der Waals surface area contributed by atoms with Crippen molar-refractivity contribution in [1.29, 1.82) is 0 Å². The van der Waals surface area contributed by atoms with Crippen molar-refractivity contribution in [3.63, 3.8) is 0 Å². The van der Waals surface area contributed by atoms with Gasteiger partial charge in [0.2, 0.25) is 10.4 Å². The number of esters is 2. The highest BCUT2D eigenvalue weighted by atomic mass is 35.5. The quantitative estimate of drug-likeness (QED) is 0.397. The highest BCUT2D eigenvalue weighted by Crippen LogP contribution is 2.72. The first kappa shape index (κ1) is 27.0. The maximum atomic E-state index is 13.7. The molecule has 4 rings (SSSR count). The van der Waals surface area contributed by atoms with Crippen molar-refractivity contribution >= 4 is 52.5 Å². The van der Waals surface area contributed by atoms with Crippen molar-refractivity contribution < 1.29 is 29.0 Å². The number of aliphatic hydroxyl groups is 1. The van der Waals surface area contributed by atoms with Crippen LogP contribution < -0.4 is 0 Å². The Morgan fingerprint density at radius 2 is 1.86 bits per heavy atom. The van der Waals surface area contributed by atoms with E-state index in [0.717, 1.165) is 5.57 Å². The van der Waals surface area contributed by atoms with Crippen LogP contribution in [0.4, 0.5) is 0 Å². The van der Waals surface area contributed by atoms with Crippen molar-refractivity contribution in [2.45, 2.75) is 87.8 Å².